The molecule has 5 nitrogen and oxygen atoms in total. The molecule has 2 N–H and O–H groups in total. The van der Waals surface area contributed by atoms with Gasteiger partial charge in [-0.05, 0) is 55.4 Å². The Morgan fingerprint density at radius 2 is 2.18 bits per heavy atom. The van der Waals surface area contributed by atoms with E-state index in [4.69, 9.17) is 5.21 Å². The topological polar surface area (TPSA) is 69.6 Å². The van der Waals surface area contributed by atoms with Crippen molar-refractivity contribution in [3.8, 4) is 0 Å². The minimum absolute atomic E-state index is 0.233. The standard InChI is InChI=1S/C17H22N2O3/c1-2-8-19-9-7-17(16(19)21)6-5-12-10-13(15(20)18-22)3-4-14(12)11-17/h3-4,10,22H,2,5-9,11H2,1H3,(H,18,20)/t17-/m1/s1. The first-order chi connectivity index (χ1) is 10.6. The molecule has 1 heterocycles. The Morgan fingerprint density at radius 1 is 1.36 bits per heavy atom. The summed E-state index contributed by atoms with van der Waals surface area (Å²) in [7, 11) is 0. The van der Waals surface area contributed by atoms with Crippen molar-refractivity contribution in [2.45, 2.75) is 39.0 Å². The Hall–Kier alpha value is -1.88. The highest BCUT2D eigenvalue weighted by molar-refractivity contribution is 5.93. The Morgan fingerprint density at radius 3 is 2.91 bits per heavy atom. The van der Waals surface area contributed by atoms with Crippen molar-refractivity contribution in [3.05, 3.63) is 34.9 Å². The van der Waals surface area contributed by atoms with Gasteiger partial charge in [-0.2, -0.15) is 0 Å². The summed E-state index contributed by atoms with van der Waals surface area (Å²) in [5.41, 5.74) is 4.17. The van der Waals surface area contributed by atoms with Gasteiger partial charge < -0.3 is 4.90 Å². The van der Waals surface area contributed by atoms with Gasteiger partial charge in [0.15, 0.2) is 0 Å². The molecular weight excluding hydrogens is 280 g/mol. The number of rotatable bonds is 3. The number of amides is 2. The van der Waals surface area contributed by atoms with Crippen LogP contribution < -0.4 is 5.48 Å². The molecule has 0 radical (unpaired) electrons. The van der Waals surface area contributed by atoms with E-state index < -0.39 is 5.91 Å². The number of carbonyl (C=O) groups is 2. The smallest absolute Gasteiger partial charge is 0.274 e. The average Bonchev–Trinajstić information content (AvgIpc) is 2.83. The minimum atomic E-state index is -0.492. The number of hydroxylamine groups is 1. The fourth-order valence-electron chi connectivity index (χ4n) is 3.84. The quantitative estimate of drug-likeness (QED) is 0.662. The lowest BCUT2D eigenvalue weighted by molar-refractivity contribution is -0.136. The van der Waals surface area contributed by atoms with Gasteiger partial charge in [0.2, 0.25) is 5.91 Å². The summed E-state index contributed by atoms with van der Waals surface area (Å²) in [6.07, 6.45) is 4.36. The molecule has 1 aliphatic heterocycles. The predicted molar refractivity (Wildman–Crippen MR) is 81.6 cm³/mol. The Labute approximate surface area is 130 Å². The van der Waals surface area contributed by atoms with Crippen LogP contribution in [-0.2, 0) is 17.6 Å². The van der Waals surface area contributed by atoms with E-state index in [1.54, 1.807) is 11.5 Å². The van der Waals surface area contributed by atoms with Crippen molar-refractivity contribution in [1.29, 1.82) is 0 Å². The second-order valence-electron chi connectivity index (χ2n) is 6.42. The summed E-state index contributed by atoms with van der Waals surface area (Å²) in [4.78, 5) is 26.2. The fourth-order valence-corrected chi connectivity index (χ4v) is 3.84. The molecule has 1 fully saturated rings. The molecule has 1 aliphatic carbocycles. The van der Waals surface area contributed by atoms with Crippen LogP contribution in [0, 0.1) is 5.41 Å². The fraction of sp³-hybridized carbons (Fsp3) is 0.529. The van der Waals surface area contributed by atoms with Crippen molar-refractivity contribution in [2.75, 3.05) is 13.1 Å². The van der Waals surface area contributed by atoms with Crippen molar-refractivity contribution in [3.63, 3.8) is 0 Å². The number of nitrogens with one attached hydrogen (secondary N) is 1. The highest BCUT2D eigenvalue weighted by Crippen LogP contribution is 2.43. The first-order valence-corrected chi connectivity index (χ1v) is 7.95. The van der Waals surface area contributed by atoms with Crippen LogP contribution in [0.2, 0.25) is 0 Å². The minimum Gasteiger partial charge on any atom is -0.342 e. The number of hydrogen-bond acceptors (Lipinski definition) is 3. The summed E-state index contributed by atoms with van der Waals surface area (Å²) in [5, 5.41) is 8.72. The van der Waals surface area contributed by atoms with Gasteiger partial charge in [0.1, 0.15) is 0 Å². The van der Waals surface area contributed by atoms with E-state index in [2.05, 4.69) is 6.92 Å². The molecule has 22 heavy (non-hydrogen) atoms. The Bertz CT molecular complexity index is 614. The van der Waals surface area contributed by atoms with E-state index in [0.717, 1.165) is 56.3 Å². The predicted octanol–water partition coefficient (Wildman–Crippen LogP) is 1.92. The summed E-state index contributed by atoms with van der Waals surface area (Å²) < 4.78 is 0. The molecule has 0 bridgehead atoms. The zero-order valence-electron chi connectivity index (χ0n) is 12.9. The molecule has 1 spiro atoms. The molecule has 2 amide bonds. The maximum atomic E-state index is 12.7. The molecule has 2 aliphatic rings. The summed E-state index contributed by atoms with van der Waals surface area (Å²) >= 11 is 0. The third kappa shape index (κ3) is 2.39. The van der Waals surface area contributed by atoms with Crippen LogP contribution in [0.15, 0.2) is 18.2 Å². The molecule has 0 saturated carbocycles. The lowest BCUT2D eigenvalue weighted by Gasteiger charge is -2.33. The highest BCUT2D eigenvalue weighted by Gasteiger charge is 2.47. The SMILES string of the molecule is CCCN1CC[C@@]2(CCc3cc(C(=O)NO)ccc3C2)C1=O. The third-order valence-electron chi connectivity index (χ3n) is 5.07. The van der Waals surface area contributed by atoms with E-state index in [-0.39, 0.29) is 5.41 Å². The number of fused-ring (bicyclic) bond motifs is 1. The molecular formula is C17H22N2O3. The third-order valence-corrected chi connectivity index (χ3v) is 5.07. The average molecular weight is 302 g/mol. The molecule has 0 unspecified atom stereocenters. The first-order valence-electron chi connectivity index (χ1n) is 7.95. The Kier molecular flexibility index (Phi) is 3.91. The van der Waals surface area contributed by atoms with Gasteiger partial charge in [0.25, 0.3) is 5.91 Å². The highest BCUT2D eigenvalue weighted by atomic mass is 16.5. The number of likely N-dealkylation sites (tertiary alicyclic amines) is 1. The number of hydrogen-bond donors (Lipinski definition) is 2. The van der Waals surface area contributed by atoms with Crippen molar-refractivity contribution >= 4 is 11.8 Å². The molecule has 0 aromatic heterocycles. The number of benzene rings is 1. The zero-order valence-corrected chi connectivity index (χ0v) is 12.9. The number of nitrogens with zero attached hydrogens (tertiary/aromatic N) is 1. The number of aryl methyl sites for hydroxylation is 1. The van der Waals surface area contributed by atoms with Crippen molar-refractivity contribution in [2.24, 2.45) is 5.41 Å². The maximum Gasteiger partial charge on any atom is 0.274 e. The van der Waals surface area contributed by atoms with Crippen molar-refractivity contribution < 1.29 is 14.8 Å². The van der Waals surface area contributed by atoms with Gasteiger partial charge in [-0.25, -0.2) is 5.48 Å². The number of carbonyl (C=O) groups excluding carboxylic acids is 2. The van der Waals surface area contributed by atoms with E-state index in [1.165, 1.54) is 0 Å². The van der Waals surface area contributed by atoms with Crippen molar-refractivity contribution in [1.82, 2.24) is 10.4 Å². The van der Waals surface area contributed by atoms with E-state index in [1.807, 2.05) is 17.0 Å². The lowest BCUT2D eigenvalue weighted by atomic mass is 9.70. The van der Waals surface area contributed by atoms with Crippen LogP contribution in [0.3, 0.4) is 0 Å². The van der Waals surface area contributed by atoms with Crippen LogP contribution >= 0.6 is 0 Å². The molecule has 1 aromatic carbocycles. The summed E-state index contributed by atoms with van der Waals surface area (Å²) in [5.74, 6) is -0.189. The molecule has 1 saturated heterocycles. The van der Waals surface area contributed by atoms with Gasteiger partial charge in [0, 0.05) is 18.7 Å². The molecule has 118 valence electrons. The largest absolute Gasteiger partial charge is 0.342 e. The zero-order chi connectivity index (χ0) is 15.7. The van der Waals surface area contributed by atoms with Gasteiger partial charge in [0.05, 0.1) is 5.41 Å². The van der Waals surface area contributed by atoms with E-state index >= 15 is 0 Å². The lowest BCUT2D eigenvalue weighted by Crippen LogP contribution is -2.39. The maximum absolute atomic E-state index is 12.7. The second kappa shape index (κ2) is 5.72. The first kappa shape index (κ1) is 15.0. The monoisotopic (exact) mass is 302 g/mol. The van der Waals surface area contributed by atoms with Crippen LogP contribution in [0.4, 0.5) is 0 Å². The molecule has 3 rings (SSSR count). The summed E-state index contributed by atoms with van der Waals surface area (Å²) in [6.45, 7) is 3.82. The van der Waals surface area contributed by atoms with Gasteiger partial charge in [-0.3, -0.25) is 14.8 Å². The van der Waals surface area contributed by atoms with E-state index in [0.29, 0.717) is 11.5 Å². The Balaban J connectivity index is 1.83. The van der Waals surface area contributed by atoms with Gasteiger partial charge >= 0.3 is 0 Å². The van der Waals surface area contributed by atoms with Gasteiger partial charge in [-0.1, -0.05) is 13.0 Å². The van der Waals surface area contributed by atoms with Crippen LogP contribution in [0.1, 0.15) is 47.7 Å². The van der Waals surface area contributed by atoms with E-state index in [9.17, 15) is 9.59 Å². The van der Waals surface area contributed by atoms with Crippen LogP contribution in [0.25, 0.3) is 0 Å². The molecule has 5 heteroatoms. The normalized spacial score (nSPS) is 23.7. The van der Waals surface area contributed by atoms with Crippen LogP contribution in [0.5, 0.6) is 0 Å². The van der Waals surface area contributed by atoms with Crippen LogP contribution in [-0.4, -0.2) is 35.0 Å². The second-order valence-corrected chi connectivity index (χ2v) is 6.42. The summed E-state index contributed by atoms with van der Waals surface area (Å²) in [6, 6.07) is 5.47. The van der Waals surface area contributed by atoms with Gasteiger partial charge in [-0.15, -0.1) is 0 Å². The molecule has 1 aromatic rings. The molecule has 1 atom stereocenters.